The molecule has 0 aliphatic carbocycles. The summed E-state index contributed by atoms with van der Waals surface area (Å²) in [7, 11) is 0. The van der Waals surface area contributed by atoms with E-state index in [2.05, 4.69) is 4.98 Å². The molecule has 2 aromatic carbocycles. The average Bonchev–Trinajstić information content (AvgIpc) is 3.08. The van der Waals surface area contributed by atoms with Crippen LogP contribution in [0.15, 0.2) is 53.1 Å². The van der Waals surface area contributed by atoms with Gasteiger partial charge in [0.1, 0.15) is 23.5 Å². The fourth-order valence-electron chi connectivity index (χ4n) is 2.33. The van der Waals surface area contributed by atoms with Gasteiger partial charge in [0.05, 0.1) is 5.02 Å². The number of aromatic nitrogens is 1. The molecular formula is C19H16ClNO5. The molecule has 0 unspecified atom stereocenters. The van der Waals surface area contributed by atoms with Crippen molar-refractivity contribution in [1.29, 1.82) is 0 Å². The standard InChI is InChI=1S/C19H16ClNO5/c1-12-8-13(6-7-17(12)25-11-19(22)23)24-10-18-21-16(9-26-18)14-4-2-3-5-15(14)20/h2-9H,10-11H2,1H3,(H,22,23). The first-order valence-corrected chi connectivity index (χ1v) is 8.18. The first-order chi connectivity index (χ1) is 12.5. The molecule has 3 rings (SSSR count). The number of carboxylic acid groups (broad SMARTS) is 1. The minimum atomic E-state index is -1.03. The second-order valence-electron chi connectivity index (χ2n) is 5.50. The van der Waals surface area contributed by atoms with Gasteiger partial charge in [-0.3, -0.25) is 0 Å². The third-order valence-corrected chi connectivity index (χ3v) is 3.89. The largest absolute Gasteiger partial charge is 0.484 e. The molecule has 6 nitrogen and oxygen atoms in total. The molecule has 1 N–H and O–H groups in total. The Hall–Kier alpha value is -2.99. The Labute approximate surface area is 155 Å². The van der Waals surface area contributed by atoms with Gasteiger partial charge in [-0.1, -0.05) is 29.8 Å². The Bertz CT molecular complexity index is 922. The number of rotatable bonds is 7. The summed E-state index contributed by atoms with van der Waals surface area (Å²) < 4.78 is 16.3. The van der Waals surface area contributed by atoms with Crippen molar-refractivity contribution in [2.75, 3.05) is 6.61 Å². The lowest BCUT2D eigenvalue weighted by atomic mass is 10.2. The number of hydrogen-bond donors (Lipinski definition) is 1. The van der Waals surface area contributed by atoms with Crippen LogP contribution in [0.25, 0.3) is 11.3 Å². The minimum Gasteiger partial charge on any atom is -0.484 e. The minimum absolute atomic E-state index is 0.152. The van der Waals surface area contributed by atoms with Gasteiger partial charge in [0.2, 0.25) is 5.89 Å². The number of hydrogen-bond acceptors (Lipinski definition) is 5. The fourth-order valence-corrected chi connectivity index (χ4v) is 2.56. The van der Waals surface area contributed by atoms with Gasteiger partial charge in [-0.15, -0.1) is 0 Å². The van der Waals surface area contributed by atoms with Crippen molar-refractivity contribution in [3.63, 3.8) is 0 Å². The number of ether oxygens (including phenoxy) is 2. The molecule has 7 heteroatoms. The summed E-state index contributed by atoms with van der Waals surface area (Å²) in [5.41, 5.74) is 2.20. The van der Waals surface area contributed by atoms with Crippen LogP contribution in [0.4, 0.5) is 0 Å². The van der Waals surface area contributed by atoms with Gasteiger partial charge in [0.15, 0.2) is 13.2 Å². The van der Waals surface area contributed by atoms with Crippen LogP contribution in [-0.4, -0.2) is 22.7 Å². The lowest BCUT2D eigenvalue weighted by molar-refractivity contribution is -0.139. The normalized spacial score (nSPS) is 10.5. The maximum atomic E-state index is 10.6. The van der Waals surface area contributed by atoms with Crippen molar-refractivity contribution in [2.24, 2.45) is 0 Å². The van der Waals surface area contributed by atoms with E-state index in [0.717, 1.165) is 11.1 Å². The van der Waals surface area contributed by atoms with Crippen LogP contribution in [0, 0.1) is 6.92 Å². The molecule has 0 spiro atoms. The summed E-state index contributed by atoms with van der Waals surface area (Å²) in [5.74, 6) is 0.492. The van der Waals surface area contributed by atoms with Crippen molar-refractivity contribution in [1.82, 2.24) is 4.98 Å². The lowest BCUT2D eigenvalue weighted by Gasteiger charge is -2.09. The monoisotopic (exact) mass is 373 g/mol. The Kier molecular flexibility index (Phi) is 5.43. The SMILES string of the molecule is Cc1cc(OCc2nc(-c3ccccc3Cl)co2)ccc1OCC(=O)O. The molecule has 0 aliphatic heterocycles. The number of oxazole rings is 1. The lowest BCUT2D eigenvalue weighted by Crippen LogP contribution is -2.10. The summed E-state index contributed by atoms with van der Waals surface area (Å²) in [4.78, 5) is 14.9. The van der Waals surface area contributed by atoms with Gasteiger partial charge in [-0.25, -0.2) is 9.78 Å². The molecule has 26 heavy (non-hydrogen) atoms. The van der Waals surface area contributed by atoms with Crippen LogP contribution in [0.3, 0.4) is 0 Å². The molecule has 0 aliphatic rings. The van der Waals surface area contributed by atoms with Gasteiger partial charge < -0.3 is 19.0 Å². The van der Waals surface area contributed by atoms with Gasteiger partial charge in [-0.2, -0.15) is 0 Å². The maximum Gasteiger partial charge on any atom is 0.341 e. The zero-order valence-electron chi connectivity index (χ0n) is 13.9. The van der Waals surface area contributed by atoms with Crippen LogP contribution in [0.5, 0.6) is 11.5 Å². The zero-order valence-corrected chi connectivity index (χ0v) is 14.7. The molecule has 134 valence electrons. The molecular weight excluding hydrogens is 358 g/mol. The van der Waals surface area contributed by atoms with Crippen LogP contribution in [-0.2, 0) is 11.4 Å². The highest BCUT2D eigenvalue weighted by Gasteiger charge is 2.10. The summed E-state index contributed by atoms with van der Waals surface area (Å²) in [6, 6.07) is 12.5. The van der Waals surface area contributed by atoms with E-state index in [9.17, 15) is 4.79 Å². The molecule has 0 fully saturated rings. The first kappa shape index (κ1) is 17.8. The molecule has 3 aromatic rings. The highest BCUT2D eigenvalue weighted by Crippen LogP contribution is 2.27. The highest BCUT2D eigenvalue weighted by molar-refractivity contribution is 6.33. The highest BCUT2D eigenvalue weighted by atomic mass is 35.5. The molecule has 1 aromatic heterocycles. The predicted octanol–water partition coefficient (Wildman–Crippen LogP) is 4.35. The Morgan fingerprint density at radius 3 is 2.77 bits per heavy atom. The summed E-state index contributed by atoms with van der Waals surface area (Å²) in [6.07, 6.45) is 1.54. The topological polar surface area (TPSA) is 81.8 Å². The summed E-state index contributed by atoms with van der Waals surface area (Å²) in [5, 5.41) is 9.25. The van der Waals surface area contributed by atoms with Gasteiger partial charge in [-0.05, 0) is 36.8 Å². The van der Waals surface area contributed by atoms with Crippen molar-refractivity contribution in [2.45, 2.75) is 13.5 Å². The number of benzene rings is 2. The predicted molar refractivity (Wildman–Crippen MR) is 95.6 cm³/mol. The first-order valence-electron chi connectivity index (χ1n) is 7.80. The number of carboxylic acids is 1. The molecule has 0 bridgehead atoms. The number of carbonyl (C=O) groups is 1. The van der Waals surface area contributed by atoms with E-state index in [0.29, 0.717) is 28.1 Å². The second-order valence-corrected chi connectivity index (χ2v) is 5.91. The van der Waals surface area contributed by atoms with E-state index < -0.39 is 5.97 Å². The third-order valence-electron chi connectivity index (χ3n) is 3.56. The average molecular weight is 374 g/mol. The van der Waals surface area contributed by atoms with Crippen LogP contribution < -0.4 is 9.47 Å². The Morgan fingerprint density at radius 1 is 1.23 bits per heavy atom. The number of aliphatic carboxylic acids is 1. The van der Waals surface area contributed by atoms with E-state index in [1.54, 1.807) is 24.3 Å². The smallest absolute Gasteiger partial charge is 0.341 e. The van der Waals surface area contributed by atoms with Crippen molar-refractivity contribution < 1.29 is 23.8 Å². The van der Waals surface area contributed by atoms with Crippen molar-refractivity contribution in [3.8, 4) is 22.8 Å². The van der Waals surface area contributed by atoms with E-state index in [1.807, 2.05) is 25.1 Å². The van der Waals surface area contributed by atoms with E-state index in [1.165, 1.54) is 6.26 Å². The quantitative estimate of drug-likeness (QED) is 0.663. The van der Waals surface area contributed by atoms with E-state index >= 15 is 0 Å². The van der Waals surface area contributed by atoms with Gasteiger partial charge >= 0.3 is 5.97 Å². The number of nitrogens with zero attached hydrogens (tertiary/aromatic N) is 1. The maximum absolute atomic E-state index is 10.6. The number of halogens is 1. The third kappa shape index (κ3) is 4.34. The zero-order chi connectivity index (χ0) is 18.5. The number of aryl methyl sites for hydroxylation is 1. The van der Waals surface area contributed by atoms with E-state index in [4.69, 9.17) is 30.6 Å². The van der Waals surface area contributed by atoms with Crippen LogP contribution >= 0.6 is 11.6 Å². The molecule has 1 heterocycles. The van der Waals surface area contributed by atoms with Crippen LogP contribution in [0.1, 0.15) is 11.5 Å². The molecule has 0 atom stereocenters. The Balaban J connectivity index is 1.64. The summed E-state index contributed by atoms with van der Waals surface area (Å²) >= 11 is 6.16. The Morgan fingerprint density at radius 2 is 2.04 bits per heavy atom. The van der Waals surface area contributed by atoms with Crippen LogP contribution in [0.2, 0.25) is 5.02 Å². The molecule has 0 saturated heterocycles. The van der Waals surface area contributed by atoms with Crippen molar-refractivity contribution in [3.05, 3.63) is 65.2 Å². The fraction of sp³-hybridized carbons (Fsp3) is 0.158. The van der Waals surface area contributed by atoms with Gasteiger partial charge in [0.25, 0.3) is 0 Å². The molecule has 0 amide bonds. The summed E-state index contributed by atoms with van der Waals surface area (Å²) in [6.45, 7) is 1.58. The van der Waals surface area contributed by atoms with Gasteiger partial charge in [0, 0.05) is 5.56 Å². The van der Waals surface area contributed by atoms with E-state index in [-0.39, 0.29) is 13.2 Å². The molecule has 0 radical (unpaired) electrons. The second kappa shape index (κ2) is 7.93. The molecule has 0 saturated carbocycles. The van der Waals surface area contributed by atoms with Crippen molar-refractivity contribution >= 4 is 17.6 Å².